The molecule has 44 valence electrons. The molecule has 0 spiro atoms. The summed E-state index contributed by atoms with van der Waals surface area (Å²) >= 11 is 0. The van der Waals surface area contributed by atoms with Gasteiger partial charge >= 0.3 is 0 Å². The summed E-state index contributed by atoms with van der Waals surface area (Å²) in [6, 6.07) is 0. The lowest BCUT2D eigenvalue weighted by Gasteiger charge is -1.94. The van der Waals surface area contributed by atoms with Gasteiger partial charge < -0.3 is 10.8 Å². The summed E-state index contributed by atoms with van der Waals surface area (Å²) in [5.74, 6) is -0.185. The molecule has 0 aliphatic heterocycles. The molecule has 0 bridgehead atoms. The second kappa shape index (κ2) is 3.89. The quantitative estimate of drug-likeness (QED) is 0.333. The van der Waals surface area contributed by atoms with Crippen molar-refractivity contribution in [2.24, 2.45) is 5.73 Å². The number of nitrogens with two attached hydrogens (primary N) is 1. The molecular formula is C3H9ClN2O. The molecule has 0 aromatic heterocycles. The van der Waals surface area contributed by atoms with E-state index in [-0.39, 0.29) is 18.2 Å². The Morgan fingerprint density at radius 2 is 2.00 bits per heavy atom. The van der Waals surface area contributed by atoms with E-state index in [4.69, 9.17) is 16.2 Å². The fraction of sp³-hybridized carbons (Fsp3) is 0.667. The molecule has 4 N–H and O–H groups in total. The number of aliphatic hydroxyl groups is 1. The number of nitrogens with one attached hydrogen (secondary N) is 1. The van der Waals surface area contributed by atoms with E-state index in [1.54, 1.807) is 0 Å². The van der Waals surface area contributed by atoms with E-state index in [0.29, 0.717) is 0 Å². The van der Waals surface area contributed by atoms with Gasteiger partial charge in [0.15, 0.2) is 0 Å². The molecule has 0 aliphatic rings. The van der Waals surface area contributed by atoms with Gasteiger partial charge in [0.2, 0.25) is 0 Å². The number of amidine groups is 1. The maximum absolute atomic E-state index is 8.28. The molecule has 7 heavy (non-hydrogen) atoms. The van der Waals surface area contributed by atoms with Gasteiger partial charge in [-0.2, -0.15) is 0 Å². The van der Waals surface area contributed by atoms with Crippen LogP contribution in [0.5, 0.6) is 0 Å². The second-order valence-corrected chi connectivity index (χ2v) is 1.13. The van der Waals surface area contributed by atoms with Crippen LogP contribution in [0, 0.1) is 5.41 Å². The van der Waals surface area contributed by atoms with Gasteiger partial charge in [-0.05, 0) is 6.92 Å². The van der Waals surface area contributed by atoms with Crippen molar-refractivity contribution < 1.29 is 5.11 Å². The van der Waals surface area contributed by atoms with Gasteiger partial charge in [-0.3, -0.25) is 5.41 Å². The van der Waals surface area contributed by atoms with Crippen LogP contribution < -0.4 is 5.73 Å². The zero-order valence-corrected chi connectivity index (χ0v) is 4.83. The van der Waals surface area contributed by atoms with E-state index in [9.17, 15) is 0 Å². The van der Waals surface area contributed by atoms with E-state index in [1.807, 2.05) is 0 Å². The topological polar surface area (TPSA) is 70.1 Å². The molecule has 0 heterocycles. The summed E-state index contributed by atoms with van der Waals surface area (Å²) in [5, 5.41) is 14.8. The highest BCUT2D eigenvalue weighted by molar-refractivity contribution is 5.85. The van der Waals surface area contributed by atoms with Crippen molar-refractivity contribution >= 4 is 18.2 Å². The van der Waals surface area contributed by atoms with Crippen LogP contribution in [0.15, 0.2) is 0 Å². The van der Waals surface area contributed by atoms with Crippen molar-refractivity contribution in [3.8, 4) is 0 Å². The van der Waals surface area contributed by atoms with E-state index >= 15 is 0 Å². The highest BCUT2D eigenvalue weighted by atomic mass is 35.5. The first-order valence-corrected chi connectivity index (χ1v) is 1.66. The zero-order valence-electron chi connectivity index (χ0n) is 4.01. The molecule has 1 atom stereocenters. The first-order valence-electron chi connectivity index (χ1n) is 1.66. The Hall–Kier alpha value is -0.280. The third-order valence-electron chi connectivity index (χ3n) is 0.450. The molecule has 0 rings (SSSR count). The molecule has 3 nitrogen and oxygen atoms in total. The molecule has 0 amide bonds. The maximum Gasteiger partial charge on any atom is 0.120 e. The van der Waals surface area contributed by atoms with E-state index in [1.165, 1.54) is 6.92 Å². The van der Waals surface area contributed by atoms with Gasteiger partial charge in [-0.25, -0.2) is 0 Å². The predicted molar refractivity (Wildman–Crippen MR) is 30.8 cm³/mol. The van der Waals surface area contributed by atoms with Gasteiger partial charge in [-0.1, -0.05) is 0 Å². The molecule has 0 aromatic carbocycles. The van der Waals surface area contributed by atoms with Crippen molar-refractivity contribution in [1.29, 1.82) is 5.41 Å². The molecule has 0 radical (unpaired) electrons. The predicted octanol–water partition coefficient (Wildman–Crippen LogP) is -0.275. The largest absolute Gasteiger partial charge is 0.386 e. The van der Waals surface area contributed by atoms with Gasteiger partial charge in [0, 0.05) is 0 Å². The van der Waals surface area contributed by atoms with Crippen LogP contribution >= 0.6 is 12.4 Å². The van der Waals surface area contributed by atoms with Crippen molar-refractivity contribution in [2.45, 2.75) is 13.0 Å². The van der Waals surface area contributed by atoms with Crippen molar-refractivity contribution in [1.82, 2.24) is 0 Å². The molecule has 4 heteroatoms. The molecule has 0 aromatic rings. The summed E-state index contributed by atoms with van der Waals surface area (Å²) in [6.07, 6.45) is -0.787. The summed E-state index contributed by atoms with van der Waals surface area (Å²) in [6.45, 7) is 1.45. The average molecular weight is 125 g/mol. The highest BCUT2D eigenvalue weighted by Gasteiger charge is 1.93. The van der Waals surface area contributed by atoms with Crippen LogP contribution in [0.2, 0.25) is 0 Å². The Bertz CT molecular complexity index is 64.0. The number of hydrogen-bond donors (Lipinski definition) is 3. The summed E-state index contributed by atoms with van der Waals surface area (Å²) in [4.78, 5) is 0. The minimum absolute atomic E-state index is 0. The fourth-order valence-electron chi connectivity index (χ4n) is 0. The average Bonchev–Trinajstić information content (AvgIpc) is 1.36. The molecule has 0 unspecified atom stereocenters. The van der Waals surface area contributed by atoms with Gasteiger partial charge in [0.05, 0.1) is 0 Å². The number of aliphatic hydroxyl groups excluding tert-OH is 1. The van der Waals surface area contributed by atoms with Crippen LogP contribution in [0.3, 0.4) is 0 Å². The summed E-state index contributed by atoms with van der Waals surface area (Å²) in [7, 11) is 0. The first kappa shape index (κ1) is 9.87. The van der Waals surface area contributed by atoms with Crippen LogP contribution in [0.1, 0.15) is 6.92 Å². The van der Waals surface area contributed by atoms with Crippen LogP contribution in [0.25, 0.3) is 0 Å². The normalized spacial score (nSPS) is 11.7. The Morgan fingerprint density at radius 3 is 2.00 bits per heavy atom. The third-order valence-corrected chi connectivity index (χ3v) is 0.450. The Balaban J connectivity index is 0. The van der Waals surface area contributed by atoms with E-state index in [0.717, 1.165) is 0 Å². The monoisotopic (exact) mass is 124 g/mol. The molecule has 0 saturated carbocycles. The smallest absolute Gasteiger partial charge is 0.120 e. The Kier molecular flexibility index (Phi) is 5.49. The maximum atomic E-state index is 8.28. The molecular weight excluding hydrogens is 115 g/mol. The number of halogens is 1. The Labute approximate surface area is 48.4 Å². The SMILES string of the molecule is C[C@H](O)C(=N)N.Cl. The van der Waals surface area contributed by atoms with Gasteiger partial charge in [0.25, 0.3) is 0 Å². The number of rotatable bonds is 1. The highest BCUT2D eigenvalue weighted by Crippen LogP contribution is 1.71. The van der Waals surface area contributed by atoms with Gasteiger partial charge in [-0.15, -0.1) is 12.4 Å². The van der Waals surface area contributed by atoms with Crippen LogP contribution in [0.4, 0.5) is 0 Å². The summed E-state index contributed by atoms with van der Waals surface area (Å²) in [5.41, 5.74) is 4.77. The Morgan fingerprint density at radius 1 is 1.86 bits per heavy atom. The van der Waals surface area contributed by atoms with E-state index < -0.39 is 6.10 Å². The minimum Gasteiger partial charge on any atom is -0.386 e. The molecule has 0 fully saturated rings. The second-order valence-electron chi connectivity index (χ2n) is 1.13. The zero-order chi connectivity index (χ0) is 5.15. The molecule has 0 aliphatic carbocycles. The summed E-state index contributed by atoms with van der Waals surface area (Å²) < 4.78 is 0. The van der Waals surface area contributed by atoms with Crippen LogP contribution in [-0.2, 0) is 0 Å². The van der Waals surface area contributed by atoms with Gasteiger partial charge in [0.1, 0.15) is 11.9 Å². The minimum atomic E-state index is -0.787. The fourth-order valence-corrected chi connectivity index (χ4v) is 0. The lowest BCUT2D eigenvalue weighted by Crippen LogP contribution is -2.23. The molecule has 0 saturated heterocycles. The lowest BCUT2D eigenvalue weighted by molar-refractivity contribution is 0.260. The van der Waals surface area contributed by atoms with E-state index in [2.05, 4.69) is 0 Å². The number of hydrogen-bond acceptors (Lipinski definition) is 2. The van der Waals surface area contributed by atoms with Crippen molar-refractivity contribution in [3.63, 3.8) is 0 Å². The third kappa shape index (κ3) is 5.72. The first-order chi connectivity index (χ1) is 2.64. The van der Waals surface area contributed by atoms with Crippen molar-refractivity contribution in [3.05, 3.63) is 0 Å². The lowest BCUT2D eigenvalue weighted by atomic mass is 10.4. The van der Waals surface area contributed by atoms with Crippen LogP contribution in [-0.4, -0.2) is 17.0 Å². The van der Waals surface area contributed by atoms with Crippen molar-refractivity contribution in [2.75, 3.05) is 0 Å². The standard InChI is InChI=1S/C3H8N2O.ClH/c1-2(6)3(4)5;/h2,6H,1H3,(H3,4,5);1H/t2-;/m0./s1.